The van der Waals surface area contributed by atoms with Crippen molar-refractivity contribution in [3.63, 3.8) is 0 Å². The van der Waals surface area contributed by atoms with Crippen LogP contribution in [-0.4, -0.2) is 66.4 Å². The molecule has 0 amide bonds. The van der Waals surface area contributed by atoms with Crippen LogP contribution in [0.2, 0.25) is 0 Å². The van der Waals surface area contributed by atoms with E-state index in [4.69, 9.17) is 0 Å². The lowest BCUT2D eigenvalue weighted by atomic mass is 10.1. The van der Waals surface area contributed by atoms with Crippen molar-refractivity contribution in [3.05, 3.63) is 0 Å². The average Bonchev–Trinajstić information content (AvgIpc) is 2.20. The highest BCUT2D eigenvalue weighted by Crippen LogP contribution is 2.19. The van der Waals surface area contributed by atoms with Crippen LogP contribution in [0.4, 0.5) is 0 Å². The van der Waals surface area contributed by atoms with Crippen LogP contribution in [0, 0.1) is 0 Å². The SMILES string of the molecule is CN(CC(C)(C)O)C1CS(=O)(=O)CC1O. The van der Waals surface area contributed by atoms with Crippen LogP contribution in [0.5, 0.6) is 0 Å². The summed E-state index contributed by atoms with van der Waals surface area (Å²) in [5.41, 5.74) is -0.888. The highest BCUT2D eigenvalue weighted by Gasteiger charge is 2.39. The van der Waals surface area contributed by atoms with E-state index in [0.717, 1.165) is 0 Å². The number of hydrogen-bond acceptors (Lipinski definition) is 5. The Morgan fingerprint density at radius 2 is 1.93 bits per heavy atom. The summed E-state index contributed by atoms with van der Waals surface area (Å²) in [5.74, 6) is -0.200. The Morgan fingerprint density at radius 3 is 2.27 bits per heavy atom. The normalized spacial score (nSPS) is 31.1. The van der Waals surface area contributed by atoms with Crippen LogP contribution >= 0.6 is 0 Å². The third-order valence-corrected chi connectivity index (χ3v) is 4.19. The first kappa shape index (κ1) is 12.9. The maximum Gasteiger partial charge on any atom is 0.154 e. The molecule has 0 radical (unpaired) electrons. The molecule has 0 spiro atoms. The summed E-state index contributed by atoms with van der Waals surface area (Å²) in [6.45, 7) is 3.64. The van der Waals surface area contributed by atoms with E-state index in [-0.39, 0.29) is 11.5 Å². The molecule has 1 aliphatic heterocycles. The molecule has 1 saturated heterocycles. The van der Waals surface area contributed by atoms with E-state index in [1.54, 1.807) is 25.8 Å². The van der Waals surface area contributed by atoms with Gasteiger partial charge >= 0.3 is 0 Å². The van der Waals surface area contributed by atoms with Gasteiger partial charge in [-0.15, -0.1) is 0 Å². The Hall–Kier alpha value is -0.170. The van der Waals surface area contributed by atoms with Gasteiger partial charge in [0.05, 0.1) is 29.3 Å². The van der Waals surface area contributed by atoms with Crippen molar-refractivity contribution in [2.75, 3.05) is 25.1 Å². The number of sulfone groups is 1. The number of nitrogens with zero attached hydrogens (tertiary/aromatic N) is 1. The standard InChI is InChI=1S/C9H19NO4S/c1-9(2,12)6-10(3)7-4-15(13,14)5-8(7)11/h7-8,11-12H,4-6H2,1-3H3. The molecule has 0 aromatic carbocycles. The predicted molar refractivity (Wildman–Crippen MR) is 57.4 cm³/mol. The second kappa shape index (κ2) is 4.01. The smallest absolute Gasteiger partial charge is 0.154 e. The molecular formula is C9H19NO4S. The van der Waals surface area contributed by atoms with E-state index in [0.29, 0.717) is 6.54 Å². The number of hydrogen-bond donors (Lipinski definition) is 2. The second-order valence-electron chi connectivity index (χ2n) is 4.94. The molecule has 1 aliphatic rings. The lowest BCUT2D eigenvalue weighted by Gasteiger charge is -2.31. The highest BCUT2D eigenvalue weighted by molar-refractivity contribution is 7.91. The van der Waals surface area contributed by atoms with Crippen molar-refractivity contribution in [3.8, 4) is 0 Å². The molecule has 2 unspecified atom stereocenters. The van der Waals surface area contributed by atoms with Crippen LogP contribution < -0.4 is 0 Å². The van der Waals surface area contributed by atoms with Gasteiger partial charge in [0.25, 0.3) is 0 Å². The van der Waals surface area contributed by atoms with Crippen LogP contribution in [-0.2, 0) is 9.84 Å². The molecular weight excluding hydrogens is 218 g/mol. The zero-order chi connectivity index (χ0) is 11.9. The fourth-order valence-electron chi connectivity index (χ4n) is 1.96. The summed E-state index contributed by atoms with van der Waals surface area (Å²) in [7, 11) is -1.40. The molecule has 0 aliphatic carbocycles. The largest absolute Gasteiger partial charge is 0.390 e. The monoisotopic (exact) mass is 237 g/mol. The van der Waals surface area contributed by atoms with Crippen molar-refractivity contribution in [1.82, 2.24) is 4.90 Å². The van der Waals surface area contributed by atoms with Gasteiger partial charge in [-0.1, -0.05) is 0 Å². The molecule has 5 nitrogen and oxygen atoms in total. The van der Waals surface area contributed by atoms with Crippen LogP contribution in [0.1, 0.15) is 13.8 Å². The first-order chi connectivity index (χ1) is 6.61. The maximum atomic E-state index is 11.3. The number of likely N-dealkylation sites (N-methyl/N-ethyl adjacent to an activating group) is 1. The van der Waals surface area contributed by atoms with Crippen molar-refractivity contribution < 1.29 is 18.6 Å². The van der Waals surface area contributed by atoms with Gasteiger partial charge in [-0.05, 0) is 20.9 Å². The quantitative estimate of drug-likeness (QED) is 0.648. The summed E-state index contributed by atoms with van der Waals surface area (Å²) in [6.07, 6.45) is -0.845. The van der Waals surface area contributed by atoms with Gasteiger partial charge in [-0.25, -0.2) is 8.42 Å². The zero-order valence-electron chi connectivity index (χ0n) is 9.34. The lowest BCUT2D eigenvalue weighted by molar-refractivity contribution is 0.0131. The molecule has 2 atom stereocenters. The third kappa shape index (κ3) is 3.71. The predicted octanol–water partition coefficient (Wildman–Crippen LogP) is -1.15. The molecule has 6 heteroatoms. The summed E-state index contributed by atoms with van der Waals surface area (Å²) in [4.78, 5) is 1.70. The van der Waals surface area contributed by atoms with Gasteiger partial charge in [-0.3, -0.25) is 4.90 Å². The number of aliphatic hydroxyl groups excluding tert-OH is 1. The van der Waals surface area contributed by atoms with Gasteiger partial charge in [0.1, 0.15) is 0 Å². The van der Waals surface area contributed by atoms with Gasteiger partial charge < -0.3 is 10.2 Å². The molecule has 2 N–H and O–H groups in total. The molecule has 1 heterocycles. The van der Waals surface area contributed by atoms with Crippen LogP contribution in [0.25, 0.3) is 0 Å². The van der Waals surface area contributed by atoms with Crippen molar-refractivity contribution in [2.24, 2.45) is 0 Å². The van der Waals surface area contributed by atoms with E-state index in [1.807, 2.05) is 0 Å². The molecule has 90 valence electrons. The molecule has 0 aromatic heterocycles. The van der Waals surface area contributed by atoms with Crippen molar-refractivity contribution in [2.45, 2.75) is 31.6 Å². The minimum atomic E-state index is -3.12. The molecule has 0 bridgehead atoms. The number of aliphatic hydroxyl groups is 2. The van der Waals surface area contributed by atoms with Gasteiger partial charge in [0.15, 0.2) is 9.84 Å². The molecule has 1 rings (SSSR count). The first-order valence-corrected chi connectivity index (χ1v) is 6.74. The minimum absolute atomic E-state index is 0.0270. The van der Waals surface area contributed by atoms with E-state index in [1.165, 1.54) is 0 Å². The Bertz CT molecular complexity index is 319. The van der Waals surface area contributed by atoms with E-state index < -0.39 is 27.6 Å². The average molecular weight is 237 g/mol. The summed E-state index contributed by atoms with van der Waals surface area (Å²) in [5, 5.41) is 19.2. The summed E-state index contributed by atoms with van der Waals surface area (Å²) >= 11 is 0. The Morgan fingerprint density at radius 1 is 1.40 bits per heavy atom. The molecule has 0 saturated carbocycles. The van der Waals surface area contributed by atoms with Gasteiger partial charge in [0, 0.05) is 6.54 Å². The third-order valence-electron chi connectivity index (χ3n) is 2.50. The van der Waals surface area contributed by atoms with Gasteiger partial charge in [0.2, 0.25) is 0 Å². The maximum absolute atomic E-state index is 11.3. The first-order valence-electron chi connectivity index (χ1n) is 4.92. The second-order valence-corrected chi connectivity index (χ2v) is 7.09. The molecule has 0 aromatic rings. The van der Waals surface area contributed by atoms with E-state index >= 15 is 0 Å². The molecule has 1 fully saturated rings. The van der Waals surface area contributed by atoms with E-state index in [2.05, 4.69) is 0 Å². The fraction of sp³-hybridized carbons (Fsp3) is 1.00. The lowest BCUT2D eigenvalue weighted by Crippen LogP contribution is -2.46. The topological polar surface area (TPSA) is 77.8 Å². The van der Waals surface area contributed by atoms with Crippen molar-refractivity contribution >= 4 is 9.84 Å². The Balaban J connectivity index is 2.66. The van der Waals surface area contributed by atoms with E-state index in [9.17, 15) is 18.6 Å². The zero-order valence-corrected chi connectivity index (χ0v) is 10.2. The Labute approximate surface area is 90.6 Å². The van der Waals surface area contributed by atoms with Crippen molar-refractivity contribution in [1.29, 1.82) is 0 Å². The summed E-state index contributed by atoms with van der Waals surface area (Å²) in [6, 6.07) is -0.401. The Kier molecular flexibility index (Phi) is 3.45. The molecule has 15 heavy (non-hydrogen) atoms. The minimum Gasteiger partial charge on any atom is -0.390 e. The summed E-state index contributed by atoms with van der Waals surface area (Å²) < 4.78 is 22.5. The van der Waals surface area contributed by atoms with Crippen LogP contribution in [0.3, 0.4) is 0 Å². The van der Waals surface area contributed by atoms with Gasteiger partial charge in [-0.2, -0.15) is 0 Å². The number of rotatable bonds is 3. The fourth-order valence-corrected chi connectivity index (χ4v) is 3.83. The van der Waals surface area contributed by atoms with Crippen LogP contribution in [0.15, 0.2) is 0 Å². The highest BCUT2D eigenvalue weighted by atomic mass is 32.2.